The summed E-state index contributed by atoms with van der Waals surface area (Å²) in [6.45, 7) is 8.10. The van der Waals surface area contributed by atoms with E-state index in [1.807, 2.05) is 0 Å². The van der Waals surface area contributed by atoms with E-state index in [9.17, 15) is 0 Å². The van der Waals surface area contributed by atoms with E-state index in [1.165, 1.54) is 83.5 Å². The average Bonchev–Trinajstić information content (AvgIpc) is 2.53. The number of unbranched alkanes of at least 4 members (excludes halogenated alkanes) is 6. The minimum Gasteiger partial charge on any atom is -0.314 e. The van der Waals surface area contributed by atoms with Gasteiger partial charge in [-0.25, -0.2) is 0 Å². The fourth-order valence-electron chi connectivity index (χ4n) is 4.16. The van der Waals surface area contributed by atoms with Crippen LogP contribution < -0.4 is 5.32 Å². The molecule has 0 aliphatic heterocycles. The molecule has 1 heteroatoms. The molecule has 0 heterocycles. The van der Waals surface area contributed by atoms with Gasteiger partial charge in [0.1, 0.15) is 0 Å². The van der Waals surface area contributed by atoms with E-state index in [-0.39, 0.29) is 0 Å². The molecule has 1 aliphatic rings. The monoisotopic (exact) mass is 295 g/mol. The summed E-state index contributed by atoms with van der Waals surface area (Å²) in [5.74, 6) is 1.97. The van der Waals surface area contributed by atoms with Gasteiger partial charge in [0, 0.05) is 6.04 Å². The Morgan fingerprint density at radius 3 is 2.29 bits per heavy atom. The summed E-state index contributed by atoms with van der Waals surface area (Å²) >= 11 is 0. The highest BCUT2D eigenvalue weighted by Crippen LogP contribution is 2.34. The summed E-state index contributed by atoms with van der Waals surface area (Å²) in [7, 11) is 0. The second kappa shape index (κ2) is 12.5. The largest absolute Gasteiger partial charge is 0.314 e. The first-order valence-corrected chi connectivity index (χ1v) is 10.0. The molecule has 0 aromatic carbocycles. The van der Waals surface area contributed by atoms with Gasteiger partial charge in [0.25, 0.3) is 0 Å². The molecule has 1 fully saturated rings. The van der Waals surface area contributed by atoms with Crippen molar-refractivity contribution >= 4 is 0 Å². The third kappa shape index (κ3) is 8.24. The van der Waals surface area contributed by atoms with Crippen LogP contribution in [0.15, 0.2) is 0 Å². The molecule has 3 unspecified atom stereocenters. The Morgan fingerprint density at radius 1 is 0.905 bits per heavy atom. The van der Waals surface area contributed by atoms with Crippen LogP contribution in [0, 0.1) is 11.8 Å². The van der Waals surface area contributed by atoms with E-state index in [0.29, 0.717) is 0 Å². The molecule has 1 N–H and O–H groups in total. The summed E-state index contributed by atoms with van der Waals surface area (Å²) in [5.41, 5.74) is 0. The highest BCUT2D eigenvalue weighted by molar-refractivity contribution is 4.82. The second-order valence-corrected chi connectivity index (χ2v) is 7.28. The third-order valence-electron chi connectivity index (χ3n) is 5.55. The first-order chi connectivity index (χ1) is 10.3. The van der Waals surface area contributed by atoms with E-state index < -0.39 is 0 Å². The lowest BCUT2D eigenvalue weighted by molar-refractivity contribution is 0.200. The first kappa shape index (κ1) is 19.0. The van der Waals surface area contributed by atoms with E-state index in [4.69, 9.17) is 0 Å². The number of rotatable bonds is 12. The maximum Gasteiger partial charge on any atom is 0.00953 e. The molecule has 0 radical (unpaired) electrons. The van der Waals surface area contributed by atoms with Crippen LogP contribution in [0.1, 0.15) is 104 Å². The molecule has 3 atom stereocenters. The predicted molar refractivity (Wildman–Crippen MR) is 95.8 cm³/mol. The van der Waals surface area contributed by atoms with Crippen molar-refractivity contribution in [2.45, 2.75) is 110 Å². The zero-order valence-electron chi connectivity index (χ0n) is 15.1. The maximum atomic E-state index is 3.81. The van der Waals surface area contributed by atoms with Gasteiger partial charge in [0.05, 0.1) is 0 Å². The highest BCUT2D eigenvalue weighted by Gasteiger charge is 2.26. The minimum absolute atomic E-state index is 0.806. The van der Waals surface area contributed by atoms with Crippen molar-refractivity contribution in [2.24, 2.45) is 11.8 Å². The van der Waals surface area contributed by atoms with Crippen molar-refractivity contribution in [1.29, 1.82) is 0 Å². The fourth-order valence-corrected chi connectivity index (χ4v) is 4.16. The second-order valence-electron chi connectivity index (χ2n) is 7.28. The van der Waals surface area contributed by atoms with Gasteiger partial charge in [0.2, 0.25) is 0 Å². The molecule has 0 saturated heterocycles. The Morgan fingerprint density at radius 2 is 1.62 bits per heavy atom. The van der Waals surface area contributed by atoms with E-state index in [1.54, 1.807) is 0 Å². The molecule has 0 spiro atoms. The maximum absolute atomic E-state index is 3.81. The van der Waals surface area contributed by atoms with Crippen molar-refractivity contribution in [2.75, 3.05) is 6.54 Å². The molecule has 0 amide bonds. The van der Waals surface area contributed by atoms with Crippen LogP contribution in [-0.4, -0.2) is 12.6 Å². The summed E-state index contributed by atoms with van der Waals surface area (Å²) in [4.78, 5) is 0. The topological polar surface area (TPSA) is 12.0 Å². The Balaban J connectivity index is 2.19. The minimum atomic E-state index is 0.806. The molecule has 1 rings (SSSR count). The lowest BCUT2D eigenvalue weighted by atomic mass is 9.75. The fraction of sp³-hybridized carbons (Fsp3) is 1.00. The quantitative estimate of drug-likeness (QED) is 0.415. The Kier molecular flexibility index (Phi) is 11.3. The van der Waals surface area contributed by atoms with E-state index >= 15 is 0 Å². The molecule has 1 aliphatic carbocycles. The van der Waals surface area contributed by atoms with Crippen LogP contribution in [0.2, 0.25) is 0 Å². The first-order valence-electron chi connectivity index (χ1n) is 10.0. The van der Waals surface area contributed by atoms with Gasteiger partial charge in [-0.15, -0.1) is 0 Å². The van der Waals surface area contributed by atoms with Gasteiger partial charge in [-0.05, 0) is 37.6 Å². The standard InChI is InChI=1S/C20H41N/c1-4-7-8-9-10-11-12-16-20(21-6-3)19-15-13-14-18(5-2)17-19/h18-21H,4-17H2,1-3H3. The third-order valence-corrected chi connectivity index (χ3v) is 5.55. The van der Waals surface area contributed by atoms with Crippen molar-refractivity contribution < 1.29 is 0 Å². The van der Waals surface area contributed by atoms with Gasteiger partial charge in [-0.2, -0.15) is 0 Å². The normalized spacial score (nSPS) is 24.1. The van der Waals surface area contributed by atoms with Crippen LogP contribution in [0.4, 0.5) is 0 Å². The van der Waals surface area contributed by atoms with Gasteiger partial charge in [0.15, 0.2) is 0 Å². The lowest BCUT2D eigenvalue weighted by Crippen LogP contribution is -2.38. The summed E-state index contributed by atoms with van der Waals surface area (Å²) in [6, 6.07) is 0.806. The Bertz CT molecular complexity index is 226. The average molecular weight is 296 g/mol. The molecular formula is C20H41N. The van der Waals surface area contributed by atoms with Gasteiger partial charge in [-0.1, -0.05) is 85.0 Å². The van der Waals surface area contributed by atoms with Crippen molar-refractivity contribution in [3.8, 4) is 0 Å². The van der Waals surface area contributed by atoms with Crippen LogP contribution in [-0.2, 0) is 0 Å². The summed E-state index contributed by atoms with van der Waals surface area (Å²) in [6.07, 6.45) is 18.8. The Labute approximate surface area is 134 Å². The van der Waals surface area contributed by atoms with E-state index in [0.717, 1.165) is 24.4 Å². The van der Waals surface area contributed by atoms with E-state index in [2.05, 4.69) is 26.1 Å². The zero-order chi connectivity index (χ0) is 15.3. The molecule has 0 aromatic heterocycles. The smallest absolute Gasteiger partial charge is 0.00953 e. The predicted octanol–water partition coefficient (Wildman–Crippen LogP) is 6.32. The molecular weight excluding hydrogens is 254 g/mol. The molecule has 0 bridgehead atoms. The molecule has 1 saturated carbocycles. The highest BCUT2D eigenvalue weighted by atomic mass is 14.9. The summed E-state index contributed by atoms with van der Waals surface area (Å²) < 4.78 is 0. The number of nitrogens with one attached hydrogen (secondary N) is 1. The van der Waals surface area contributed by atoms with Crippen molar-refractivity contribution in [1.82, 2.24) is 5.32 Å². The molecule has 0 aromatic rings. The SMILES string of the molecule is CCCCCCCCCC(NCC)C1CCCC(CC)C1. The molecule has 21 heavy (non-hydrogen) atoms. The van der Waals surface area contributed by atoms with Crippen LogP contribution in [0.25, 0.3) is 0 Å². The molecule has 1 nitrogen and oxygen atoms in total. The van der Waals surface area contributed by atoms with Crippen LogP contribution in [0.5, 0.6) is 0 Å². The van der Waals surface area contributed by atoms with Gasteiger partial charge in [-0.3, -0.25) is 0 Å². The molecule has 126 valence electrons. The zero-order valence-corrected chi connectivity index (χ0v) is 15.1. The number of hydrogen-bond donors (Lipinski definition) is 1. The Hall–Kier alpha value is -0.0400. The lowest BCUT2D eigenvalue weighted by Gasteiger charge is -2.35. The van der Waals surface area contributed by atoms with Crippen LogP contribution >= 0.6 is 0 Å². The van der Waals surface area contributed by atoms with Gasteiger partial charge >= 0.3 is 0 Å². The van der Waals surface area contributed by atoms with Crippen molar-refractivity contribution in [3.05, 3.63) is 0 Å². The van der Waals surface area contributed by atoms with Crippen LogP contribution in [0.3, 0.4) is 0 Å². The van der Waals surface area contributed by atoms with Gasteiger partial charge < -0.3 is 5.32 Å². The number of hydrogen-bond acceptors (Lipinski definition) is 1. The van der Waals surface area contributed by atoms with Crippen molar-refractivity contribution in [3.63, 3.8) is 0 Å². The summed E-state index contributed by atoms with van der Waals surface area (Å²) in [5, 5.41) is 3.81.